The molecule has 0 aliphatic carbocycles. The number of hydrogen-bond acceptors (Lipinski definition) is 5. The van der Waals surface area contributed by atoms with Gasteiger partial charge in [-0.3, -0.25) is 9.78 Å². The first kappa shape index (κ1) is 21.8. The number of aromatic nitrogens is 2. The summed E-state index contributed by atoms with van der Waals surface area (Å²) in [5.41, 5.74) is 1.18. The SMILES string of the molecule is CC(C)N1CCC(CC2CCN(c3cccc(C(=O)Nc4ccncc4)n3)CC2)CC1. The molecule has 0 bridgehead atoms. The Kier molecular flexibility index (Phi) is 7.17. The molecule has 4 heterocycles. The van der Waals surface area contributed by atoms with E-state index in [1.807, 2.05) is 12.1 Å². The number of anilines is 2. The number of pyridine rings is 2. The van der Waals surface area contributed by atoms with E-state index >= 15 is 0 Å². The molecule has 2 fully saturated rings. The lowest BCUT2D eigenvalue weighted by Crippen LogP contribution is -2.40. The molecule has 0 unspecified atom stereocenters. The van der Waals surface area contributed by atoms with Crippen molar-refractivity contribution >= 4 is 17.4 Å². The van der Waals surface area contributed by atoms with Crippen LogP contribution in [0.5, 0.6) is 0 Å². The van der Waals surface area contributed by atoms with Gasteiger partial charge in [-0.15, -0.1) is 0 Å². The van der Waals surface area contributed by atoms with Gasteiger partial charge in [0.15, 0.2) is 0 Å². The zero-order chi connectivity index (χ0) is 21.6. The van der Waals surface area contributed by atoms with Gasteiger partial charge in [0.2, 0.25) is 0 Å². The Balaban J connectivity index is 1.27. The summed E-state index contributed by atoms with van der Waals surface area (Å²) in [5, 5.41) is 2.89. The van der Waals surface area contributed by atoms with Gasteiger partial charge in [-0.25, -0.2) is 4.98 Å². The van der Waals surface area contributed by atoms with Crippen LogP contribution in [-0.2, 0) is 0 Å². The zero-order valence-corrected chi connectivity index (χ0v) is 18.8. The summed E-state index contributed by atoms with van der Waals surface area (Å²) in [6.07, 6.45) is 9.86. The fraction of sp³-hybridized carbons (Fsp3) is 0.560. The fourth-order valence-corrected chi connectivity index (χ4v) is 4.93. The molecule has 2 aliphatic rings. The monoisotopic (exact) mass is 421 g/mol. The average molecular weight is 422 g/mol. The van der Waals surface area contributed by atoms with E-state index in [1.54, 1.807) is 30.6 Å². The van der Waals surface area contributed by atoms with Gasteiger partial charge in [0.05, 0.1) is 0 Å². The third-order valence-corrected chi connectivity index (χ3v) is 6.89. The Labute approximate surface area is 186 Å². The van der Waals surface area contributed by atoms with Crippen molar-refractivity contribution < 1.29 is 4.79 Å². The molecule has 31 heavy (non-hydrogen) atoms. The molecule has 0 radical (unpaired) electrons. The van der Waals surface area contributed by atoms with Crippen LogP contribution in [-0.4, -0.2) is 53.0 Å². The van der Waals surface area contributed by atoms with Crippen molar-refractivity contribution in [2.45, 2.75) is 52.0 Å². The number of piperidine rings is 2. The van der Waals surface area contributed by atoms with Crippen molar-refractivity contribution in [3.8, 4) is 0 Å². The van der Waals surface area contributed by atoms with E-state index < -0.39 is 0 Å². The lowest BCUT2D eigenvalue weighted by atomic mass is 9.82. The summed E-state index contributed by atoms with van der Waals surface area (Å²) in [7, 11) is 0. The maximum absolute atomic E-state index is 12.6. The van der Waals surface area contributed by atoms with Gasteiger partial charge < -0.3 is 15.1 Å². The van der Waals surface area contributed by atoms with Gasteiger partial charge in [0.1, 0.15) is 11.5 Å². The highest BCUT2D eigenvalue weighted by Gasteiger charge is 2.26. The van der Waals surface area contributed by atoms with Crippen LogP contribution in [0, 0.1) is 11.8 Å². The predicted molar refractivity (Wildman–Crippen MR) is 125 cm³/mol. The number of rotatable bonds is 6. The van der Waals surface area contributed by atoms with Crippen molar-refractivity contribution in [1.82, 2.24) is 14.9 Å². The average Bonchev–Trinajstić information content (AvgIpc) is 2.81. The molecule has 0 aromatic carbocycles. The molecule has 0 spiro atoms. The van der Waals surface area contributed by atoms with Gasteiger partial charge in [0.25, 0.3) is 5.91 Å². The third-order valence-electron chi connectivity index (χ3n) is 6.89. The van der Waals surface area contributed by atoms with E-state index in [4.69, 9.17) is 0 Å². The maximum Gasteiger partial charge on any atom is 0.274 e. The van der Waals surface area contributed by atoms with E-state index in [9.17, 15) is 4.79 Å². The van der Waals surface area contributed by atoms with Gasteiger partial charge in [-0.2, -0.15) is 0 Å². The van der Waals surface area contributed by atoms with E-state index in [-0.39, 0.29) is 5.91 Å². The quantitative estimate of drug-likeness (QED) is 0.746. The molecular formula is C25H35N5O. The molecule has 6 heteroatoms. The number of nitrogens with one attached hydrogen (secondary N) is 1. The molecule has 2 aliphatic heterocycles. The van der Waals surface area contributed by atoms with Crippen molar-refractivity contribution in [1.29, 1.82) is 0 Å². The largest absolute Gasteiger partial charge is 0.357 e. The van der Waals surface area contributed by atoms with Crippen LogP contribution >= 0.6 is 0 Å². The molecule has 4 rings (SSSR count). The van der Waals surface area contributed by atoms with Crippen LogP contribution in [0.25, 0.3) is 0 Å². The first-order chi connectivity index (χ1) is 15.1. The van der Waals surface area contributed by atoms with E-state index in [2.05, 4.69) is 38.9 Å². The summed E-state index contributed by atoms with van der Waals surface area (Å²) in [4.78, 5) is 26.1. The number of hydrogen-bond donors (Lipinski definition) is 1. The Morgan fingerprint density at radius 1 is 1.00 bits per heavy atom. The second-order valence-corrected chi connectivity index (χ2v) is 9.31. The Morgan fingerprint density at radius 2 is 1.65 bits per heavy atom. The van der Waals surface area contributed by atoms with E-state index in [1.165, 1.54) is 45.2 Å². The minimum absolute atomic E-state index is 0.185. The molecule has 6 nitrogen and oxygen atoms in total. The van der Waals surface area contributed by atoms with Crippen molar-refractivity contribution in [3.63, 3.8) is 0 Å². The molecule has 2 aromatic rings. The second-order valence-electron chi connectivity index (χ2n) is 9.31. The highest BCUT2D eigenvalue weighted by atomic mass is 16.1. The Bertz CT molecular complexity index is 840. The first-order valence-corrected chi connectivity index (χ1v) is 11.8. The van der Waals surface area contributed by atoms with Gasteiger partial charge >= 0.3 is 0 Å². The Hall–Kier alpha value is -2.47. The van der Waals surface area contributed by atoms with Crippen molar-refractivity contribution in [2.75, 3.05) is 36.4 Å². The molecule has 2 aromatic heterocycles. The van der Waals surface area contributed by atoms with Gasteiger partial charge in [-0.1, -0.05) is 6.07 Å². The van der Waals surface area contributed by atoms with Crippen LogP contribution in [0.1, 0.15) is 56.4 Å². The van der Waals surface area contributed by atoms with Gasteiger partial charge in [0, 0.05) is 37.2 Å². The lowest BCUT2D eigenvalue weighted by Gasteiger charge is -2.38. The summed E-state index contributed by atoms with van der Waals surface area (Å²) >= 11 is 0. The van der Waals surface area contributed by atoms with E-state index in [0.29, 0.717) is 11.7 Å². The fourth-order valence-electron chi connectivity index (χ4n) is 4.93. The third kappa shape index (κ3) is 5.82. The predicted octanol–water partition coefficient (Wildman–Crippen LogP) is 4.46. The minimum Gasteiger partial charge on any atom is -0.357 e. The van der Waals surface area contributed by atoms with Crippen molar-refractivity contribution in [2.24, 2.45) is 11.8 Å². The standard InChI is InChI=1S/C25H35N5O/c1-19(2)29-14-8-20(9-15-29)18-21-10-16-30(17-11-21)24-5-3-4-23(28-24)25(31)27-22-6-12-26-13-7-22/h3-7,12-13,19-21H,8-11,14-18H2,1-2H3,(H,26,27,31). The number of amides is 1. The molecule has 2 saturated heterocycles. The van der Waals surface area contributed by atoms with Gasteiger partial charge in [-0.05, 0) is 95.1 Å². The Morgan fingerprint density at radius 3 is 2.29 bits per heavy atom. The summed E-state index contributed by atoms with van der Waals surface area (Å²) in [5.74, 6) is 2.44. The van der Waals surface area contributed by atoms with Crippen LogP contribution in [0.2, 0.25) is 0 Å². The molecule has 1 N–H and O–H groups in total. The number of likely N-dealkylation sites (tertiary alicyclic amines) is 1. The molecular weight excluding hydrogens is 386 g/mol. The number of carbonyl (C=O) groups excluding carboxylic acids is 1. The highest BCUT2D eigenvalue weighted by Crippen LogP contribution is 2.31. The summed E-state index contributed by atoms with van der Waals surface area (Å²) in [6, 6.07) is 9.96. The molecule has 1 amide bonds. The molecule has 0 atom stereocenters. The number of nitrogens with zero attached hydrogens (tertiary/aromatic N) is 4. The van der Waals surface area contributed by atoms with Crippen LogP contribution in [0.4, 0.5) is 11.5 Å². The van der Waals surface area contributed by atoms with Crippen LogP contribution in [0.15, 0.2) is 42.7 Å². The topological polar surface area (TPSA) is 61.4 Å². The van der Waals surface area contributed by atoms with Crippen LogP contribution in [0.3, 0.4) is 0 Å². The van der Waals surface area contributed by atoms with E-state index in [0.717, 1.165) is 36.4 Å². The van der Waals surface area contributed by atoms with Crippen molar-refractivity contribution in [3.05, 3.63) is 48.4 Å². The number of carbonyl (C=O) groups is 1. The summed E-state index contributed by atoms with van der Waals surface area (Å²) < 4.78 is 0. The first-order valence-electron chi connectivity index (χ1n) is 11.8. The zero-order valence-electron chi connectivity index (χ0n) is 18.8. The normalized spacial score (nSPS) is 19.0. The molecule has 166 valence electrons. The maximum atomic E-state index is 12.6. The highest BCUT2D eigenvalue weighted by molar-refractivity contribution is 6.03. The minimum atomic E-state index is -0.185. The lowest BCUT2D eigenvalue weighted by molar-refractivity contribution is 0.102. The molecule has 0 saturated carbocycles. The smallest absolute Gasteiger partial charge is 0.274 e. The second kappa shape index (κ2) is 10.2. The summed E-state index contributed by atoms with van der Waals surface area (Å²) in [6.45, 7) is 9.19. The van der Waals surface area contributed by atoms with Crippen LogP contribution < -0.4 is 10.2 Å².